The second kappa shape index (κ2) is 12.0. The zero-order valence-corrected chi connectivity index (χ0v) is 18.4. The highest BCUT2D eigenvalue weighted by Gasteiger charge is 2.12. The van der Waals surface area contributed by atoms with Crippen LogP contribution in [0.3, 0.4) is 0 Å². The maximum absolute atomic E-state index is 6.09. The van der Waals surface area contributed by atoms with Gasteiger partial charge in [-0.15, -0.1) is 0 Å². The first-order valence-electron chi connectivity index (χ1n) is 9.98. The zero-order chi connectivity index (χ0) is 19.5. The van der Waals surface area contributed by atoms with E-state index in [9.17, 15) is 0 Å². The number of halogens is 1. The molecule has 148 valence electrons. The Hall–Kier alpha value is -1.52. The molecule has 0 saturated carbocycles. The highest BCUT2D eigenvalue weighted by Crippen LogP contribution is 2.37. The van der Waals surface area contributed by atoms with Crippen molar-refractivity contribution in [3.8, 4) is 11.5 Å². The smallest absolute Gasteiger partial charge is 0.175 e. The monoisotopic (exact) mass is 433 g/mol. The topological polar surface area (TPSA) is 30.5 Å². The first-order valence-corrected chi connectivity index (χ1v) is 10.8. The lowest BCUT2D eigenvalue weighted by Crippen LogP contribution is -2.15. The van der Waals surface area contributed by atoms with Crippen LogP contribution in [0, 0.1) is 6.92 Å². The second-order valence-electron chi connectivity index (χ2n) is 6.85. The lowest BCUT2D eigenvalue weighted by molar-refractivity contribution is 0.267. The third-order valence-electron chi connectivity index (χ3n) is 4.37. The highest BCUT2D eigenvalue weighted by molar-refractivity contribution is 9.10. The second-order valence-corrected chi connectivity index (χ2v) is 7.71. The molecule has 0 spiro atoms. The first-order chi connectivity index (χ1) is 13.1. The van der Waals surface area contributed by atoms with Crippen molar-refractivity contribution < 1.29 is 9.47 Å². The summed E-state index contributed by atoms with van der Waals surface area (Å²) in [6, 6.07) is 12.6. The number of nitrogens with one attached hydrogen (secondary N) is 1. The van der Waals surface area contributed by atoms with Crippen molar-refractivity contribution in [3.63, 3.8) is 0 Å². The molecule has 0 bridgehead atoms. The van der Waals surface area contributed by atoms with Gasteiger partial charge in [-0.05, 0) is 66.0 Å². The van der Waals surface area contributed by atoms with Crippen LogP contribution in [0.15, 0.2) is 40.9 Å². The van der Waals surface area contributed by atoms with E-state index in [-0.39, 0.29) is 0 Å². The van der Waals surface area contributed by atoms with Crippen molar-refractivity contribution >= 4 is 15.9 Å². The Labute approximate surface area is 172 Å². The van der Waals surface area contributed by atoms with Gasteiger partial charge in [0.1, 0.15) is 6.61 Å². The molecule has 2 aromatic rings. The van der Waals surface area contributed by atoms with Crippen molar-refractivity contribution in [1.29, 1.82) is 0 Å². The van der Waals surface area contributed by atoms with Crippen molar-refractivity contribution in [3.05, 3.63) is 57.6 Å². The molecule has 0 fully saturated rings. The van der Waals surface area contributed by atoms with Crippen LogP contribution in [0.25, 0.3) is 0 Å². The van der Waals surface area contributed by atoms with Gasteiger partial charge in [-0.25, -0.2) is 0 Å². The fraction of sp³-hybridized carbons (Fsp3) is 0.478. The SMILES string of the molecule is CCCCCCNCc1cc(Br)c(OCc2cccc(C)c2)c(OCC)c1. The van der Waals surface area contributed by atoms with E-state index < -0.39 is 0 Å². The Morgan fingerprint density at radius 3 is 2.56 bits per heavy atom. The minimum atomic E-state index is 0.523. The standard InChI is InChI=1S/C23H32BrNO2/c1-4-6-7-8-12-25-16-20-14-21(24)23(22(15-20)26-5-2)27-17-19-11-9-10-18(3)13-19/h9-11,13-15,25H,4-8,12,16-17H2,1-3H3. The van der Waals surface area contributed by atoms with Crippen LogP contribution < -0.4 is 14.8 Å². The molecule has 0 aliphatic rings. The fourth-order valence-electron chi connectivity index (χ4n) is 2.99. The molecule has 0 aromatic heterocycles. The Morgan fingerprint density at radius 2 is 1.81 bits per heavy atom. The van der Waals surface area contributed by atoms with Crippen molar-refractivity contribution in [2.75, 3.05) is 13.2 Å². The number of ether oxygens (including phenoxy) is 2. The largest absolute Gasteiger partial charge is 0.490 e. The van der Waals surface area contributed by atoms with E-state index in [4.69, 9.17) is 9.47 Å². The number of unbranched alkanes of at least 4 members (excludes halogenated alkanes) is 3. The van der Waals surface area contributed by atoms with Gasteiger partial charge in [0.25, 0.3) is 0 Å². The fourth-order valence-corrected chi connectivity index (χ4v) is 3.60. The highest BCUT2D eigenvalue weighted by atomic mass is 79.9. The molecule has 3 nitrogen and oxygen atoms in total. The summed E-state index contributed by atoms with van der Waals surface area (Å²) in [6.07, 6.45) is 5.11. The predicted octanol–water partition coefficient (Wildman–Crippen LogP) is 6.41. The van der Waals surface area contributed by atoms with Gasteiger partial charge >= 0.3 is 0 Å². The van der Waals surface area contributed by atoms with Crippen LogP contribution >= 0.6 is 15.9 Å². The number of benzene rings is 2. The zero-order valence-electron chi connectivity index (χ0n) is 16.8. The molecule has 0 radical (unpaired) electrons. The average Bonchev–Trinajstić information content (AvgIpc) is 2.64. The molecule has 0 heterocycles. The number of hydrogen-bond acceptors (Lipinski definition) is 3. The lowest BCUT2D eigenvalue weighted by Gasteiger charge is -2.16. The third kappa shape index (κ3) is 7.55. The van der Waals surface area contributed by atoms with Crippen LogP contribution in [0.4, 0.5) is 0 Å². The molecule has 2 aromatic carbocycles. The summed E-state index contributed by atoms with van der Waals surface area (Å²) < 4.78 is 12.9. The molecular weight excluding hydrogens is 402 g/mol. The molecule has 0 unspecified atom stereocenters. The summed E-state index contributed by atoms with van der Waals surface area (Å²) in [5, 5.41) is 3.52. The maximum atomic E-state index is 6.09. The van der Waals surface area contributed by atoms with Gasteiger partial charge in [-0.2, -0.15) is 0 Å². The molecule has 27 heavy (non-hydrogen) atoms. The normalized spacial score (nSPS) is 10.8. The van der Waals surface area contributed by atoms with Crippen LogP contribution in [0.1, 0.15) is 56.2 Å². The van der Waals surface area contributed by atoms with Gasteiger partial charge in [-0.1, -0.05) is 56.0 Å². The van der Waals surface area contributed by atoms with Gasteiger partial charge in [0.15, 0.2) is 11.5 Å². The van der Waals surface area contributed by atoms with Gasteiger partial charge in [0.05, 0.1) is 11.1 Å². The van der Waals surface area contributed by atoms with Gasteiger partial charge < -0.3 is 14.8 Å². The molecule has 2 rings (SSSR count). The first kappa shape index (κ1) is 21.8. The van der Waals surface area contributed by atoms with Crippen LogP contribution in [-0.4, -0.2) is 13.2 Å². The minimum Gasteiger partial charge on any atom is -0.490 e. The quantitative estimate of drug-likeness (QED) is 0.392. The summed E-state index contributed by atoms with van der Waals surface area (Å²) in [7, 11) is 0. The van der Waals surface area contributed by atoms with E-state index >= 15 is 0 Å². The maximum Gasteiger partial charge on any atom is 0.175 e. The van der Waals surface area contributed by atoms with Crippen LogP contribution in [-0.2, 0) is 13.2 Å². The molecule has 0 amide bonds. The van der Waals surface area contributed by atoms with Crippen molar-refractivity contribution in [2.45, 2.75) is 59.6 Å². The predicted molar refractivity (Wildman–Crippen MR) is 117 cm³/mol. The summed E-state index contributed by atoms with van der Waals surface area (Å²) >= 11 is 3.67. The molecular formula is C23H32BrNO2. The Bertz CT molecular complexity index is 703. The van der Waals surface area contributed by atoms with Crippen molar-refractivity contribution in [2.24, 2.45) is 0 Å². The minimum absolute atomic E-state index is 0.523. The Balaban J connectivity index is 1.99. The summed E-state index contributed by atoms with van der Waals surface area (Å²) in [5.74, 6) is 1.56. The van der Waals surface area contributed by atoms with E-state index in [2.05, 4.69) is 71.5 Å². The molecule has 0 saturated heterocycles. The van der Waals surface area contributed by atoms with E-state index in [1.165, 1.54) is 36.8 Å². The summed E-state index contributed by atoms with van der Waals surface area (Å²) in [4.78, 5) is 0. The van der Waals surface area contributed by atoms with E-state index in [0.717, 1.165) is 34.6 Å². The van der Waals surface area contributed by atoms with Crippen LogP contribution in [0.5, 0.6) is 11.5 Å². The van der Waals surface area contributed by atoms with Gasteiger partial charge in [0.2, 0.25) is 0 Å². The third-order valence-corrected chi connectivity index (χ3v) is 4.96. The number of rotatable bonds is 12. The van der Waals surface area contributed by atoms with Crippen LogP contribution in [0.2, 0.25) is 0 Å². The Morgan fingerprint density at radius 1 is 0.963 bits per heavy atom. The average molecular weight is 434 g/mol. The van der Waals surface area contributed by atoms with Gasteiger partial charge in [0, 0.05) is 6.54 Å². The molecule has 0 atom stereocenters. The van der Waals surface area contributed by atoms with E-state index in [1.54, 1.807) is 0 Å². The lowest BCUT2D eigenvalue weighted by atomic mass is 10.1. The van der Waals surface area contributed by atoms with E-state index in [0.29, 0.717) is 13.2 Å². The summed E-state index contributed by atoms with van der Waals surface area (Å²) in [6.45, 7) is 9.35. The van der Waals surface area contributed by atoms with Crippen molar-refractivity contribution in [1.82, 2.24) is 5.32 Å². The number of hydrogen-bond donors (Lipinski definition) is 1. The molecule has 1 N–H and O–H groups in total. The molecule has 0 aliphatic heterocycles. The Kier molecular flexibility index (Phi) is 9.71. The molecule has 4 heteroatoms. The van der Waals surface area contributed by atoms with Gasteiger partial charge in [-0.3, -0.25) is 0 Å². The molecule has 0 aliphatic carbocycles. The van der Waals surface area contributed by atoms with E-state index in [1.807, 2.05) is 6.92 Å². The summed E-state index contributed by atoms with van der Waals surface area (Å²) in [5.41, 5.74) is 3.59. The number of aryl methyl sites for hydroxylation is 1.